The van der Waals surface area contributed by atoms with Crippen molar-refractivity contribution in [2.24, 2.45) is 4.99 Å². The summed E-state index contributed by atoms with van der Waals surface area (Å²) < 4.78 is 5.55. The highest BCUT2D eigenvalue weighted by atomic mass is 127. The van der Waals surface area contributed by atoms with Crippen molar-refractivity contribution in [1.82, 2.24) is 20.5 Å². The molecule has 2 N–H and O–H groups in total. The van der Waals surface area contributed by atoms with Crippen LogP contribution >= 0.6 is 24.0 Å². The zero-order valence-electron chi connectivity index (χ0n) is 14.1. The Labute approximate surface area is 150 Å². The summed E-state index contributed by atoms with van der Waals surface area (Å²) in [6, 6.07) is 1.26. The summed E-state index contributed by atoms with van der Waals surface area (Å²) in [5, 5.41) is 6.58. The van der Waals surface area contributed by atoms with Crippen molar-refractivity contribution in [1.29, 1.82) is 0 Å². The predicted molar refractivity (Wildman–Crippen MR) is 99.8 cm³/mol. The average molecular weight is 421 g/mol. The molecule has 1 aromatic rings. The number of nitrogens with one attached hydrogen (secondary N) is 2. The number of aliphatic imine (C=N–C) groups is 1. The van der Waals surface area contributed by atoms with Gasteiger partial charge in [-0.15, -0.1) is 24.0 Å². The summed E-state index contributed by atoms with van der Waals surface area (Å²) in [7, 11) is 3.97. The molecular formula is C15H28IN5O. The van der Waals surface area contributed by atoms with E-state index in [0.29, 0.717) is 18.5 Å². The summed E-state index contributed by atoms with van der Waals surface area (Å²) in [5.74, 6) is 2.34. The van der Waals surface area contributed by atoms with E-state index in [1.807, 2.05) is 13.8 Å². The molecule has 1 aliphatic rings. The maximum Gasteiger partial charge on any atom is 0.214 e. The zero-order chi connectivity index (χ0) is 15.4. The molecule has 1 heterocycles. The van der Waals surface area contributed by atoms with Gasteiger partial charge < -0.3 is 15.1 Å². The number of rotatable bonds is 6. The van der Waals surface area contributed by atoms with Crippen molar-refractivity contribution < 1.29 is 4.42 Å². The fourth-order valence-corrected chi connectivity index (χ4v) is 2.22. The predicted octanol–water partition coefficient (Wildman–Crippen LogP) is 2.06. The zero-order valence-corrected chi connectivity index (χ0v) is 16.5. The van der Waals surface area contributed by atoms with Crippen LogP contribution in [0, 0.1) is 13.8 Å². The molecule has 1 saturated carbocycles. The number of oxazole rings is 1. The van der Waals surface area contributed by atoms with E-state index in [2.05, 4.69) is 39.5 Å². The smallest absolute Gasteiger partial charge is 0.214 e. The van der Waals surface area contributed by atoms with E-state index in [1.165, 1.54) is 12.8 Å². The normalized spacial score (nSPS) is 16.4. The van der Waals surface area contributed by atoms with Crippen LogP contribution in [0.5, 0.6) is 0 Å². The van der Waals surface area contributed by atoms with Gasteiger partial charge in [0.1, 0.15) is 5.76 Å². The molecule has 1 unspecified atom stereocenters. The monoisotopic (exact) mass is 421 g/mol. The third-order valence-corrected chi connectivity index (χ3v) is 4.09. The third-order valence-electron chi connectivity index (χ3n) is 4.09. The average Bonchev–Trinajstić information content (AvgIpc) is 3.25. The number of aromatic nitrogens is 1. The topological polar surface area (TPSA) is 65.7 Å². The van der Waals surface area contributed by atoms with Gasteiger partial charge in [0.15, 0.2) is 5.96 Å². The van der Waals surface area contributed by atoms with E-state index in [-0.39, 0.29) is 24.0 Å². The van der Waals surface area contributed by atoms with E-state index in [1.54, 1.807) is 7.05 Å². The van der Waals surface area contributed by atoms with Gasteiger partial charge in [0.05, 0.1) is 12.2 Å². The lowest BCUT2D eigenvalue weighted by Gasteiger charge is -2.25. The van der Waals surface area contributed by atoms with Crippen LogP contribution in [0.15, 0.2) is 9.41 Å². The second-order valence-corrected chi connectivity index (χ2v) is 5.80. The number of hydrogen-bond acceptors (Lipinski definition) is 4. The molecule has 1 fully saturated rings. The number of guanidine groups is 1. The highest BCUT2D eigenvalue weighted by molar-refractivity contribution is 14.0. The van der Waals surface area contributed by atoms with Gasteiger partial charge in [0.25, 0.3) is 0 Å². The summed E-state index contributed by atoms with van der Waals surface area (Å²) in [5.41, 5.74) is 0.939. The number of hydrogen-bond donors (Lipinski definition) is 2. The fraction of sp³-hybridized carbons (Fsp3) is 0.733. The van der Waals surface area contributed by atoms with Crippen molar-refractivity contribution in [2.45, 2.75) is 52.2 Å². The van der Waals surface area contributed by atoms with Crippen LogP contribution in [0.4, 0.5) is 0 Å². The minimum atomic E-state index is 0. The Hall–Kier alpha value is -0.830. The number of halogens is 1. The minimum absolute atomic E-state index is 0. The van der Waals surface area contributed by atoms with Crippen molar-refractivity contribution in [3.05, 3.63) is 17.3 Å². The lowest BCUT2D eigenvalue weighted by molar-refractivity contribution is 0.247. The molecule has 0 spiro atoms. The van der Waals surface area contributed by atoms with Gasteiger partial charge in [-0.3, -0.25) is 9.89 Å². The molecule has 0 aliphatic heterocycles. The highest BCUT2D eigenvalue weighted by Crippen LogP contribution is 2.26. The van der Waals surface area contributed by atoms with Gasteiger partial charge in [0, 0.05) is 25.7 Å². The highest BCUT2D eigenvalue weighted by Gasteiger charge is 2.28. The quantitative estimate of drug-likeness (QED) is 0.418. The molecule has 0 amide bonds. The van der Waals surface area contributed by atoms with Gasteiger partial charge >= 0.3 is 0 Å². The number of aryl methyl sites for hydroxylation is 2. The van der Waals surface area contributed by atoms with E-state index in [9.17, 15) is 0 Å². The Morgan fingerprint density at radius 1 is 1.41 bits per heavy atom. The molecule has 0 aromatic carbocycles. The molecule has 126 valence electrons. The maximum atomic E-state index is 5.55. The van der Waals surface area contributed by atoms with Gasteiger partial charge in [-0.2, -0.15) is 0 Å². The van der Waals surface area contributed by atoms with Crippen molar-refractivity contribution in [3.63, 3.8) is 0 Å². The van der Waals surface area contributed by atoms with Crippen LogP contribution in [0.3, 0.4) is 0 Å². The molecule has 2 rings (SSSR count). The SMILES string of the molecule is CN=C(NCc1nc(C)c(C)o1)NCC(C)N(C)C1CC1.I. The molecule has 1 atom stereocenters. The summed E-state index contributed by atoms with van der Waals surface area (Å²) in [6.45, 7) is 7.52. The largest absolute Gasteiger partial charge is 0.444 e. The molecule has 0 bridgehead atoms. The van der Waals surface area contributed by atoms with Crippen LogP contribution in [-0.2, 0) is 6.54 Å². The first-order valence-electron chi connectivity index (χ1n) is 7.60. The standard InChI is InChI=1S/C15H27N5O.HI/c1-10(20(5)13-6-7-13)8-17-15(16-4)18-9-14-19-11(2)12(3)21-14;/h10,13H,6-9H2,1-5H3,(H2,16,17,18);1H. The van der Waals surface area contributed by atoms with Gasteiger partial charge in [-0.25, -0.2) is 4.98 Å². The first-order valence-corrected chi connectivity index (χ1v) is 7.60. The molecular weight excluding hydrogens is 393 g/mol. The van der Waals surface area contributed by atoms with Crippen LogP contribution in [0.25, 0.3) is 0 Å². The lowest BCUT2D eigenvalue weighted by atomic mass is 10.3. The van der Waals surface area contributed by atoms with Gasteiger partial charge in [0.2, 0.25) is 5.89 Å². The summed E-state index contributed by atoms with van der Waals surface area (Å²) >= 11 is 0. The molecule has 7 heteroatoms. The Morgan fingerprint density at radius 3 is 2.59 bits per heavy atom. The van der Waals surface area contributed by atoms with Crippen molar-refractivity contribution in [3.8, 4) is 0 Å². The fourth-order valence-electron chi connectivity index (χ4n) is 2.22. The Bertz CT molecular complexity index is 479. The van der Waals surface area contributed by atoms with E-state index in [4.69, 9.17) is 4.42 Å². The van der Waals surface area contributed by atoms with Crippen LogP contribution in [0.2, 0.25) is 0 Å². The Morgan fingerprint density at radius 2 is 2.09 bits per heavy atom. The number of likely N-dealkylation sites (N-methyl/N-ethyl adjacent to an activating group) is 1. The molecule has 0 radical (unpaired) electrons. The second kappa shape index (κ2) is 8.71. The molecule has 6 nitrogen and oxygen atoms in total. The van der Waals surface area contributed by atoms with Crippen LogP contribution in [0.1, 0.15) is 37.1 Å². The first-order chi connectivity index (χ1) is 10.0. The third kappa shape index (κ3) is 5.42. The van der Waals surface area contributed by atoms with E-state index in [0.717, 1.165) is 30.0 Å². The maximum absolute atomic E-state index is 5.55. The summed E-state index contributed by atoms with van der Waals surface area (Å²) in [4.78, 5) is 11.0. The Kier molecular flexibility index (Phi) is 7.61. The van der Waals surface area contributed by atoms with Gasteiger partial charge in [-0.1, -0.05) is 0 Å². The second-order valence-electron chi connectivity index (χ2n) is 5.80. The first kappa shape index (κ1) is 19.2. The minimum Gasteiger partial charge on any atom is -0.444 e. The van der Waals surface area contributed by atoms with Crippen LogP contribution in [-0.4, -0.2) is 48.6 Å². The van der Waals surface area contributed by atoms with Gasteiger partial charge in [-0.05, 0) is 40.7 Å². The van der Waals surface area contributed by atoms with Crippen LogP contribution < -0.4 is 10.6 Å². The summed E-state index contributed by atoms with van der Waals surface area (Å²) in [6.07, 6.45) is 2.66. The molecule has 1 aliphatic carbocycles. The number of nitrogens with zero attached hydrogens (tertiary/aromatic N) is 3. The van der Waals surface area contributed by atoms with Crippen molar-refractivity contribution >= 4 is 29.9 Å². The Balaban J connectivity index is 0.00000242. The van der Waals surface area contributed by atoms with Crippen molar-refractivity contribution in [2.75, 3.05) is 20.6 Å². The van der Waals surface area contributed by atoms with E-state index >= 15 is 0 Å². The molecule has 22 heavy (non-hydrogen) atoms. The molecule has 0 saturated heterocycles. The lowest BCUT2D eigenvalue weighted by Crippen LogP contribution is -2.45. The van der Waals surface area contributed by atoms with E-state index < -0.39 is 0 Å². The molecule has 1 aromatic heterocycles.